The van der Waals surface area contributed by atoms with Gasteiger partial charge < -0.3 is 15.2 Å². The Bertz CT molecular complexity index is 203. The van der Waals surface area contributed by atoms with Crippen LogP contribution in [-0.4, -0.2) is 36.1 Å². The number of halogens is 1. The second-order valence-corrected chi connectivity index (χ2v) is 4.57. The monoisotopic (exact) mass is 221 g/mol. The SMILES string of the molecule is CC(CF)C(CO)NC(=O)OC(C)(C)C. The highest BCUT2D eigenvalue weighted by atomic mass is 19.1. The average Bonchev–Trinajstić information content (AvgIpc) is 2.10. The van der Waals surface area contributed by atoms with E-state index in [0.29, 0.717) is 0 Å². The predicted octanol–water partition coefficient (Wildman–Crippen LogP) is 1.48. The Labute approximate surface area is 89.8 Å². The fourth-order valence-corrected chi connectivity index (χ4v) is 0.934. The van der Waals surface area contributed by atoms with Gasteiger partial charge in [-0.2, -0.15) is 0 Å². The zero-order chi connectivity index (χ0) is 12.1. The number of alkyl carbamates (subject to hydrolysis) is 1. The predicted molar refractivity (Wildman–Crippen MR) is 55.4 cm³/mol. The highest BCUT2D eigenvalue weighted by Crippen LogP contribution is 2.08. The van der Waals surface area contributed by atoms with Gasteiger partial charge in [0.15, 0.2) is 0 Å². The Morgan fingerprint density at radius 2 is 2.07 bits per heavy atom. The maximum Gasteiger partial charge on any atom is 0.407 e. The fraction of sp³-hybridized carbons (Fsp3) is 0.900. The van der Waals surface area contributed by atoms with Gasteiger partial charge in [-0.1, -0.05) is 6.92 Å². The van der Waals surface area contributed by atoms with E-state index in [1.165, 1.54) is 0 Å². The van der Waals surface area contributed by atoms with Crippen LogP contribution in [-0.2, 0) is 4.74 Å². The maximum atomic E-state index is 12.3. The van der Waals surface area contributed by atoms with Gasteiger partial charge in [-0.3, -0.25) is 4.39 Å². The summed E-state index contributed by atoms with van der Waals surface area (Å²) in [6.45, 7) is 5.92. The van der Waals surface area contributed by atoms with Crippen molar-refractivity contribution >= 4 is 6.09 Å². The van der Waals surface area contributed by atoms with Crippen molar-refractivity contribution in [3.8, 4) is 0 Å². The van der Waals surface area contributed by atoms with Crippen molar-refractivity contribution in [2.75, 3.05) is 13.3 Å². The zero-order valence-electron chi connectivity index (χ0n) is 9.71. The lowest BCUT2D eigenvalue weighted by Gasteiger charge is -2.24. The molecule has 0 aliphatic heterocycles. The molecule has 2 N–H and O–H groups in total. The highest BCUT2D eigenvalue weighted by molar-refractivity contribution is 5.68. The topological polar surface area (TPSA) is 58.6 Å². The number of carbonyl (C=O) groups is 1. The van der Waals surface area contributed by atoms with E-state index in [9.17, 15) is 9.18 Å². The minimum atomic E-state index is -0.637. The molecular formula is C10H20FNO3. The molecule has 90 valence electrons. The summed E-state index contributed by atoms with van der Waals surface area (Å²) in [7, 11) is 0. The number of aliphatic hydroxyl groups is 1. The summed E-state index contributed by atoms with van der Waals surface area (Å²) in [5.41, 5.74) is -0.594. The number of carbonyl (C=O) groups excluding carboxylic acids is 1. The second kappa shape index (κ2) is 5.90. The van der Waals surface area contributed by atoms with Crippen LogP contribution in [0.1, 0.15) is 27.7 Å². The lowest BCUT2D eigenvalue weighted by atomic mass is 10.1. The van der Waals surface area contributed by atoms with Gasteiger partial charge in [0.2, 0.25) is 0 Å². The zero-order valence-corrected chi connectivity index (χ0v) is 9.71. The van der Waals surface area contributed by atoms with Gasteiger partial charge in [-0.25, -0.2) is 4.79 Å². The molecule has 0 aliphatic rings. The van der Waals surface area contributed by atoms with Crippen LogP contribution in [0.5, 0.6) is 0 Å². The minimum Gasteiger partial charge on any atom is -0.444 e. The first-order chi connectivity index (χ1) is 6.80. The molecule has 0 aromatic heterocycles. The molecule has 0 aromatic rings. The average molecular weight is 221 g/mol. The van der Waals surface area contributed by atoms with E-state index in [-0.39, 0.29) is 6.61 Å². The Morgan fingerprint density at radius 3 is 2.40 bits per heavy atom. The van der Waals surface area contributed by atoms with Crippen molar-refractivity contribution in [3.05, 3.63) is 0 Å². The Hall–Kier alpha value is -0.840. The third-order valence-corrected chi connectivity index (χ3v) is 1.83. The van der Waals surface area contributed by atoms with E-state index in [4.69, 9.17) is 9.84 Å². The summed E-state index contributed by atoms with van der Waals surface area (Å²) in [6.07, 6.45) is -0.637. The lowest BCUT2D eigenvalue weighted by molar-refractivity contribution is 0.0451. The van der Waals surface area contributed by atoms with Gasteiger partial charge in [-0.05, 0) is 20.8 Å². The van der Waals surface area contributed by atoms with Crippen LogP contribution in [0.15, 0.2) is 0 Å². The van der Waals surface area contributed by atoms with Crippen molar-refractivity contribution in [3.63, 3.8) is 0 Å². The van der Waals surface area contributed by atoms with Crippen LogP contribution in [0.3, 0.4) is 0 Å². The molecule has 0 aliphatic carbocycles. The first-order valence-corrected chi connectivity index (χ1v) is 4.96. The number of nitrogens with one attached hydrogen (secondary N) is 1. The highest BCUT2D eigenvalue weighted by Gasteiger charge is 2.22. The van der Waals surface area contributed by atoms with Gasteiger partial charge in [0.05, 0.1) is 19.3 Å². The molecule has 0 radical (unpaired) electrons. The molecule has 0 aromatic carbocycles. The lowest BCUT2D eigenvalue weighted by Crippen LogP contribution is -2.45. The molecule has 0 heterocycles. The molecule has 5 heteroatoms. The number of amides is 1. The molecule has 1 amide bonds. The molecular weight excluding hydrogens is 201 g/mol. The van der Waals surface area contributed by atoms with Crippen LogP contribution in [0.25, 0.3) is 0 Å². The van der Waals surface area contributed by atoms with Gasteiger partial charge in [0, 0.05) is 5.92 Å². The number of hydrogen-bond acceptors (Lipinski definition) is 3. The van der Waals surface area contributed by atoms with E-state index >= 15 is 0 Å². The minimum absolute atomic E-state index is 0.301. The number of aliphatic hydroxyl groups excluding tert-OH is 1. The molecule has 0 saturated carbocycles. The normalized spacial score (nSPS) is 15.6. The summed E-state index contributed by atoms with van der Waals surface area (Å²) in [6, 6.07) is -0.607. The first-order valence-electron chi connectivity index (χ1n) is 4.96. The van der Waals surface area contributed by atoms with E-state index < -0.39 is 30.3 Å². The number of ether oxygens (including phenoxy) is 1. The summed E-state index contributed by atoms with van der Waals surface area (Å²) < 4.78 is 17.3. The molecule has 2 unspecified atom stereocenters. The van der Waals surface area contributed by atoms with Gasteiger partial charge in [0.25, 0.3) is 0 Å². The molecule has 2 atom stereocenters. The quantitative estimate of drug-likeness (QED) is 0.756. The van der Waals surface area contributed by atoms with Crippen molar-refractivity contribution in [1.82, 2.24) is 5.32 Å². The van der Waals surface area contributed by atoms with Gasteiger partial charge in [0.1, 0.15) is 5.60 Å². The first kappa shape index (κ1) is 14.2. The Morgan fingerprint density at radius 1 is 1.53 bits per heavy atom. The molecule has 0 fully saturated rings. The Kier molecular flexibility index (Phi) is 5.57. The van der Waals surface area contributed by atoms with Crippen LogP contribution in [0, 0.1) is 5.92 Å². The molecule has 15 heavy (non-hydrogen) atoms. The largest absolute Gasteiger partial charge is 0.444 e. The van der Waals surface area contributed by atoms with Crippen LogP contribution in [0.2, 0.25) is 0 Å². The van der Waals surface area contributed by atoms with E-state index in [0.717, 1.165) is 0 Å². The number of hydrogen-bond donors (Lipinski definition) is 2. The standard InChI is InChI=1S/C10H20FNO3/c1-7(5-11)8(6-13)12-9(14)15-10(2,3)4/h7-8,13H,5-6H2,1-4H3,(H,12,14). The van der Waals surface area contributed by atoms with E-state index in [1.807, 2.05) is 0 Å². The van der Waals surface area contributed by atoms with Crippen molar-refractivity contribution < 1.29 is 19.0 Å². The van der Waals surface area contributed by atoms with Crippen molar-refractivity contribution in [1.29, 1.82) is 0 Å². The smallest absolute Gasteiger partial charge is 0.407 e. The second-order valence-electron chi connectivity index (χ2n) is 4.57. The van der Waals surface area contributed by atoms with Crippen LogP contribution < -0.4 is 5.32 Å². The summed E-state index contributed by atoms with van der Waals surface area (Å²) in [4.78, 5) is 11.3. The molecule has 0 spiro atoms. The van der Waals surface area contributed by atoms with E-state index in [2.05, 4.69) is 5.32 Å². The molecule has 4 nitrogen and oxygen atoms in total. The molecule has 0 saturated heterocycles. The molecule has 0 rings (SSSR count). The fourth-order valence-electron chi connectivity index (χ4n) is 0.934. The van der Waals surface area contributed by atoms with Crippen molar-refractivity contribution in [2.45, 2.75) is 39.3 Å². The summed E-state index contributed by atoms with van der Waals surface area (Å²) in [5.74, 6) is -0.428. The Balaban J connectivity index is 4.13. The third kappa shape index (κ3) is 6.28. The van der Waals surface area contributed by atoms with E-state index in [1.54, 1.807) is 27.7 Å². The summed E-state index contributed by atoms with van der Waals surface area (Å²) in [5, 5.41) is 11.4. The number of rotatable bonds is 4. The molecule has 0 bridgehead atoms. The van der Waals surface area contributed by atoms with Gasteiger partial charge >= 0.3 is 6.09 Å². The maximum absolute atomic E-state index is 12.3. The van der Waals surface area contributed by atoms with Crippen LogP contribution >= 0.6 is 0 Å². The summed E-state index contributed by atoms with van der Waals surface area (Å²) >= 11 is 0. The van der Waals surface area contributed by atoms with Crippen LogP contribution in [0.4, 0.5) is 9.18 Å². The van der Waals surface area contributed by atoms with Crippen molar-refractivity contribution in [2.24, 2.45) is 5.92 Å². The van der Waals surface area contributed by atoms with Gasteiger partial charge in [-0.15, -0.1) is 0 Å². The third-order valence-electron chi connectivity index (χ3n) is 1.83. The number of alkyl halides is 1.